The third kappa shape index (κ3) is 5.14. The minimum absolute atomic E-state index is 0.0627. The normalized spacial score (nSPS) is 11.6. The van der Waals surface area contributed by atoms with Crippen molar-refractivity contribution in [1.82, 2.24) is 15.0 Å². The molecule has 0 spiro atoms. The second kappa shape index (κ2) is 10.3. The summed E-state index contributed by atoms with van der Waals surface area (Å²) >= 11 is 12.6. The van der Waals surface area contributed by atoms with Gasteiger partial charge in [-0.1, -0.05) is 35.3 Å². The Hall–Kier alpha value is -4.32. The second-order valence-corrected chi connectivity index (χ2v) is 8.82. The zero-order chi connectivity index (χ0) is 25.9. The fourth-order valence-electron chi connectivity index (χ4n) is 3.86. The van der Waals surface area contributed by atoms with Gasteiger partial charge in [-0.3, -0.25) is 4.98 Å². The number of nitrogens with zero attached hydrogens (tertiary/aromatic N) is 4. The topological polar surface area (TPSA) is 86.5 Å². The molecule has 0 aliphatic heterocycles. The summed E-state index contributed by atoms with van der Waals surface area (Å²) in [5.41, 5.74) is 2.92. The van der Waals surface area contributed by atoms with E-state index in [1.54, 1.807) is 42.7 Å². The number of hydrogen-bond donors (Lipinski definition) is 2. The summed E-state index contributed by atoms with van der Waals surface area (Å²) in [5, 5.41) is 17.1. The van der Waals surface area contributed by atoms with Crippen molar-refractivity contribution in [2.45, 2.75) is 6.04 Å². The monoisotopic (exact) mass is 532 g/mol. The fourth-order valence-corrected chi connectivity index (χ4v) is 4.31. The molecule has 10 heteroatoms. The zero-order valence-electron chi connectivity index (χ0n) is 18.9. The molecule has 2 aromatic heterocycles. The van der Waals surface area contributed by atoms with Gasteiger partial charge in [0.05, 0.1) is 26.8 Å². The largest absolute Gasteiger partial charge is 0.371 e. The van der Waals surface area contributed by atoms with E-state index < -0.39 is 11.9 Å². The number of nitrogens with one attached hydrogen (secondary N) is 2. The number of nitriles is 1. The van der Waals surface area contributed by atoms with Crippen molar-refractivity contribution in [3.05, 3.63) is 118 Å². The highest BCUT2D eigenvalue weighted by molar-refractivity contribution is 6.36. The second-order valence-electron chi connectivity index (χ2n) is 8.00. The van der Waals surface area contributed by atoms with Gasteiger partial charge in [-0.15, -0.1) is 0 Å². The van der Waals surface area contributed by atoms with Gasteiger partial charge in [0, 0.05) is 35.4 Å². The number of rotatable bonds is 6. The Morgan fingerprint density at radius 2 is 1.59 bits per heavy atom. The average molecular weight is 533 g/mol. The Bertz CT molecular complexity index is 1640. The lowest BCUT2D eigenvalue weighted by Crippen LogP contribution is -2.15. The van der Waals surface area contributed by atoms with Crippen molar-refractivity contribution in [3.8, 4) is 6.07 Å². The molecule has 6 nitrogen and oxygen atoms in total. The first-order valence-electron chi connectivity index (χ1n) is 11.0. The first kappa shape index (κ1) is 24.4. The quantitative estimate of drug-likeness (QED) is 0.236. The van der Waals surface area contributed by atoms with Crippen LogP contribution >= 0.6 is 23.2 Å². The maximum absolute atomic E-state index is 13.7. The summed E-state index contributed by atoms with van der Waals surface area (Å²) in [6, 6.07) is 16.9. The number of aromatic nitrogens is 3. The molecule has 0 saturated carbocycles. The van der Waals surface area contributed by atoms with Crippen LogP contribution in [0, 0.1) is 23.0 Å². The van der Waals surface area contributed by atoms with E-state index in [0.29, 0.717) is 38.8 Å². The molecule has 0 saturated heterocycles. The SMILES string of the molecule is N#Cc1cnc2c(Cl)cc(NC(c3ccc(F)cc3)c3ncccn3)cc2c1Nc1ccc(F)c(Cl)c1. The van der Waals surface area contributed by atoms with Gasteiger partial charge in [0.15, 0.2) is 5.82 Å². The van der Waals surface area contributed by atoms with Crippen molar-refractivity contribution in [1.29, 1.82) is 5.26 Å². The molecule has 1 atom stereocenters. The molecule has 1 unspecified atom stereocenters. The highest BCUT2D eigenvalue weighted by Gasteiger charge is 2.19. The maximum atomic E-state index is 13.7. The Balaban J connectivity index is 1.62. The van der Waals surface area contributed by atoms with Crippen LogP contribution in [0.2, 0.25) is 10.0 Å². The van der Waals surface area contributed by atoms with Gasteiger partial charge in [0.1, 0.15) is 23.7 Å². The molecule has 2 N–H and O–H groups in total. The van der Waals surface area contributed by atoms with Crippen LogP contribution in [-0.2, 0) is 0 Å². The third-order valence-electron chi connectivity index (χ3n) is 5.59. The molecule has 3 aromatic carbocycles. The molecule has 5 aromatic rings. The standard InChI is InChI=1S/C27H16Cl2F2N6/c28-21-11-18(6-7-23(21)31)36-24-16(13-32)14-35-26-20(24)10-19(12-22(26)29)37-25(27-33-8-1-9-34-27)15-2-4-17(30)5-3-15/h1-12,14,25,37H,(H,35,36). The lowest BCUT2D eigenvalue weighted by atomic mass is 10.0. The highest BCUT2D eigenvalue weighted by Crippen LogP contribution is 2.37. The van der Waals surface area contributed by atoms with Gasteiger partial charge in [-0.25, -0.2) is 18.7 Å². The molecule has 2 heterocycles. The van der Waals surface area contributed by atoms with E-state index in [4.69, 9.17) is 23.2 Å². The third-order valence-corrected chi connectivity index (χ3v) is 6.17. The molecular formula is C27H16Cl2F2N6. The van der Waals surface area contributed by atoms with Gasteiger partial charge in [-0.2, -0.15) is 5.26 Å². The number of benzene rings is 3. The summed E-state index contributed by atoms with van der Waals surface area (Å²) in [5.74, 6) is -0.456. The Labute approximate surface area is 220 Å². The predicted molar refractivity (Wildman–Crippen MR) is 140 cm³/mol. The minimum Gasteiger partial charge on any atom is -0.371 e. The Morgan fingerprint density at radius 1 is 0.865 bits per heavy atom. The van der Waals surface area contributed by atoms with Crippen molar-refractivity contribution in [3.63, 3.8) is 0 Å². The fraction of sp³-hybridized carbons (Fsp3) is 0.0370. The molecule has 0 amide bonds. The molecule has 5 rings (SSSR count). The molecule has 182 valence electrons. The van der Waals surface area contributed by atoms with Gasteiger partial charge in [0.25, 0.3) is 0 Å². The van der Waals surface area contributed by atoms with Crippen molar-refractivity contribution in [2.24, 2.45) is 0 Å². The minimum atomic E-state index is -0.559. The number of fused-ring (bicyclic) bond motifs is 1. The zero-order valence-corrected chi connectivity index (χ0v) is 20.4. The summed E-state index contributed by atoms with van der Waals surface area (Å²) in [7, 11) is 0. The van der Waals surface area contributed by atoms with E-state index in [9.17, 15) is 14.0 Å². The number of hydrogen-bond acceptors (Lipinski definition) is 6. The molecule has 0 aliphatic rings. The van der Waals surface area contributed by atoms with Gasteiger partial charge in [-0.05, 0) is 54.1 Å². The van der Waals surface area contributed by atoms with Crippen LogP contribution in [0.5, 0.6) is 0 Å². The van der Waals surface area contributed by atoms with Crippen LogP contribution in [0.25, 0.3) is 10.9 Å². The number of halogens is 4. The molecule has 37 heavy (non-hydrogen) atoms. The first-order valence-corrected chi connectivity index (χ1v) is 11.7. The van der Waals surface area contributed by atoms with E-state index in [2.05, 4.69) is 31.7 Å². The van der Waals surface area contributed by atoms with Crippen LogP contribution in [0.1, 0.15) is 23.0 Å². The lowest BCUT2D eigenvalue weighted by molar-refractivity contribution is 0.626. The van der Waals surface area contributed by atoms with Crippen molar-refractivity contribution >= 4 is 51.2 Å². The van der Waals surface area contributed by atoms with Crippen LogP contribution < -0.4 is 10.6 Å². The molecule has 0 aliphatic carbocycles. The summed E-state index contributed by atoms with van der Waals surface area (Å²) < 4.78 is 27.3. The van der Waals surface area contributed by atoms with Crippen molar-refractivity contribution in [2.75, 3.05) is 10.6 Å². The summed E-state index contributed by atoms with van der Waals surface area (Å²) in [6.07, 6.45) is 4.65. The molecule has 0 radical (unpaired) electrons. The van der Waals surface area contributed by atoms with Crippen LogP contribution in [0.4, 0.5) is 25.8 Å². The molecular weight excluding hydrogens is 517 g/mol. The number of anilines is 3. The molecule has 0 bridgehead atoms. The first-order chi connectivity index (χ1) is 17.9. The smallest absolute Gasteiger partial charge is 0.154 e. The molecule has 0 fully saturated rings. The van der Waals surface area contributed by atoms with E-state index in [1.165, 1.54) is 36.5 Å². The Kier molecular flexibility index (Phi) is 6.82. The highest BCUT2D eigenvalue weighted by atomic mass is 35.5. The summed E-state index contributed by atoms with van der Waals surface area (Å²) in [4.78, 5) is 13.1. The predicted octanol–water partition coefficient (Wildman–Crippen LogP) is 7.43. The number of pyridine rings is 1. The summed E-state index contributed by atoms with van der Waals surface area (Å²) in [6.45, 7) is 0. The van der Waals surface area contributed by atoms with Gasteiger partial charge in [0.2, 0.25) is 0 Å². The van der Waals surface area contributed by atoms with E-state index in [0.717, 1.165) is 5.56 Å². The van der Waals surface area contributed by atoms with E-state index in [1.807, 2.05) is 0 Å². The Morgan fingerprint density at radius 3 is 2.30 bits per heavy atom. The van der Waals surface area contributed by atoms with Gasteiger partial charge < -0.3 is 10.6 Å². The van der Waals surface area contributed by atoms with Gasteiger partial charge >= 0.3 is 0 Å². The van der Waals surface area contributed by atoms with Crippen LogP contribution in [0.15, 0.2) is 79.3 Å². The van der Waals surface area contributed by atoms with Crippen LogP contribution in [0.3, 0.4) is 0 Å². The van der Waals surface area contributed by atoms with Crippen LogP contribution in [-0.4, -0.2) is 15.0 Å². The lowest BCUT2D eigenvalue weighted by Gasteiger charge is -2.20. The average Bonchev–Trinajstić information content (AvgIpc) is 2.91. The maximum Gasteiger partial charge on any atom is 0.154 e. The van der Waals surface area contributed by atoms with E-state index in [-0.39, 0.29) is 16.4 Å². The van der Waals surface area contributed by atoms with Crippen molar-refractivity contribution < 1.29 is 8.78 Å². The van der Waals surface area contributed by atoms with E-state index >= 15 is 0 Å².